The van der Waals surface area contributed by atoms with E-state index in [-0.39, 0.29) is 5.82 Å². The van der Waals surface area contributed by atoms with Gasteiger partial charge in [-0.15, -0.1) is 0 Å². The molecule has 2 aromatic heterocycles. The Morgan fingerprint density at radius 3 is 2.40 bits per heavy atom. The zero-order valence-corrected chi connectivity index (χ0v) is 13.6. The second-order valence-electron chi connectivity index (χ2n) is 5.64. The fourth-order valence-electron chi connectivity index (χ4n) is 2.65. The number of rotatable bonds is 4. The van der Waals surface area contributed by atoms with Crippen molar-refractivity contribution in [3.63, 3.8) is 0 Å². The van der Waals surface area contributed by atoms with Gasteiger partial charge in [0.15, 0.2) is 0 Å². The number of ether oxygens (including phenoxy) is 1. The quantitative estimate of drug-likeness (QED) is 0.573. The van der Waals surface area contributed by atoms with Crippen LogP contribution < -0.4 is 4.74 Å². The van der Waals surface area contributed by atoms with E-state index in [1.807, 2.05) is 24.3 Å². The van der Waals surface area contributed by atoms with Gasteiger partial charge in [0.25, 0.3) is 5.78 Å². The molecule has 0 unspecified atom stereocenters. The Balaban J connectivity index is 1.69. The maximum atomic E-state index is 13.1. The lowest BCUT2D eigenvalue weighted by atomic mass is 10.1. The number of imidazole rings is 1. The van der Waals surface area contributed by atoms with Crippen LogP contribution in [0.1, 0.15) is 11.3 Å². The molecule has 25 heavy (non-hydrogen) atoms. The number of nitrogens with zero attached hydrogens (tertiary/aromatic N) is 4. The van der Waals surface area contributed by atoms with E-state index in [0.29, 0.717) is 17.9 Å². The normalized spacial score (nSPS) is 11.0. The van der Waals surface area contributed by atoms with E-state index in [4.69, 9.17) is 4.74 Å². The molecule has 0 bridgehead atoms. The molecular weight excluding hydrogens is 319 g/mol. The van der Waals surface area contributed by atoms with Crippen molar-refractivity contribution < 1.29 is 9.13 Å². The van der Waals surface area contributed by atoms with Gasteiger partial charge in [0.1, 0.15) is 17.3 Å². The van der Waals surface area contributed by atoms with Crippen LogP contribution in [-0.2, 0) is 6.42 Å². The van der Waals surface area contributed by atoms with E-state index in [1.54, 1.807) is 36.2 Å². The van der Waals surface area contributed by atoms with Crippen LogP contribution in [0.5, 0.6) is 5.75 Å². The minimum Gasteiger partial charge on any atom is -0.497 e. The summed E-state index contributed by atoms with van der Waals surface area (Å²) in [5.41, 5.74) is 3.52. The van der Waals surface area contributed by atoms with E-state index in [2.05, 4.69) is 15.1 Å². The van der Waals surface area contributed by atoms with Gasteiger partial charge in [-0.25, -0.2) is 18.9 Å². The summed E-state index contributed by atoms with van der Waals surface area (Å²) < 4.78 is 20.0. The van der Waals surface area contributed by atoms with Crippen LogP contribution >= 0.6 is 0 Å². The molecule has 124 valence electrons. The Kier molecular flexibility index (Phi) is 3.85. The monoisotopic (exact) mass is 334 g/mol. The van der Waals surface area contributed by atoms with Crippen molar-refractivity contribution >= 4 is 5.78 Å². The number of methoxy groups -OCH3 is 1. The minimum absolute atomic E-state index is 0.277. The van der Waals surface area contributed by atoms with Gasteiger partial charge in [0.05, 0.1) is 25.2 Å². The van der Waals surface area contributed by atoms with Gasteiger partial charge in [0.2, 0.25) is 0 Å². The lowest BCUT2D eigenvalue weighted by Crippen LogP contribution is -2.02. The summed E-state index contributed by atoms with van der Waals surface area (Å²) in [5.74, 6) is 1.08. The van der Waals surface area contributed by atoms with Crippen molar-refractivity contribution in [2.45, 2.75) is 6.42 Å². The van der Waals surface area contributed by atoms with Gasteiger partial charge >= 0.3 is 0 Å². The summed E-state index contributed by atoms with van der Waals surface area (Å²) in [6.45, 7) is 0. The van der Waals surface area contributed by atoms with Gasteiger partial charge in [-0.1, -0.05) is 12.1 Å². The van der Waals surface area contributed by atoms with Crippen LogP contribution in [0.3, 0.4) is 0 Å². The Bertz CT molecular complexity index is 1010. The zero-order chi connectivity index (χ0) is 17.2. The highest BCUT2D eigenvalue weighted by atomic mass is 19.1. The molecule has 0 aliphatic heterocycles. The van der Waals surface area contributed by atoms with Crippen molar-refractivity contribution in [1.82, 2.24) is 19.6 Å². The molecule has 0 atom stereocenters. The average molecular weight is 334 g/mol. The molecule has 2 heterocycles. The van der Waals surface area contributed by atoms with E-state index in [1.165, 1.54) is 12.1 Å². The first kappa shape index (κ1) is 15.3. The van der Waals surface area contributed by atoms with E-state index in [9.17, 15) is 4.39 Å². The smallest absolute Gasteiger partial charge is 0.250 e. The number of aromatic nitrogens is 4. The molecule has 4 rings (SSSR count). The number of hydrogen-bond donors (Lipinski definition) is 0. The highest BCUT2D eigenvalue weighted by Crippen LogP contribution is 2.19. The third-order valence-electron chi connectivity index (χ3n) is 3.98. The number of hydrogen-bond acceptors (Lipinski definition) is 4. The maximum Gasteiger partial charge on any atom is 0.250 e. The van der Waals surface area contributed by atoms with Gasteiger partial charge in [0, 0.05) is 12.0 Å². The Morgan fingerprint density at radius 1 is 0.960 bits per heavy atom. The summed E-state index contributed by atoms with van der Waals surface area (Å²) >= 11 is 0. The second kappa shape index (κ2) is 6.32. The molecule has 0 N–H and O–H groups in total. The fourth-order valence-corrected chi connectivity index (χ4v) is 2.65. The summed E-state index contributed by atoms with van der Waals surface area (Å²) in [5, 5.41) is 4.61. The van der Waals surface area contributed by atoms with Crippen LogP contribution in [0, 0.1) is 5.82 Å². The first-order chi connectivity index (χ1) is 12.2. The Labute approximate surface area is 143 Å². The van der Waals surface area contributed by atoms with Crippen LogP contribution in [0.2, 0.25) is 0 Å². The Hall–Kier alpha value is -3.28. The summed E-state index contributed by atoms with van der Waals surface area (Å²) in [4.78, 5) is 8.65. The molecule has 0 aliphatic rings. The van der Waals surface area contributed by atoms with Crippen LogP contribution in [0.25, 0.3) is 17.0 Å². The molecule has 5 nitrogen and oxygen atoms in total. The van der Waals surface area contributed by atoms with Crippen molar-refractivity contribution in [3.05, 3.63) is 78.0 Å². The SMILES string of the molecule is COc1ccc(Cc2cnc3ncc(-c4ccc(F)cc4)nn23)cc1. The predicted octanol–water partition coefficient (Wildman–Crippen LogP) is 3.53. The van der Waals surface area contributed by atoms with Crippen LogP contribution in [0.4, 0.5) is 4.39 Å². The molecule has 0 spiro atoms. The Morgan fingerprint density at radius 2 is 1.68 bits per heavy atom. The van der Waals surface area contributed by atoms with Crippen LogP contribution in [0.15, 0.2) is 60.9 Å². The average Bonchev–Trinajstić information content (AvgIpc) is 3.05. The van der Waals surface area contributed by atoms with Gasteiger partial charge in [-0.05, 0) is 42.0 Å². The van der Waals surface area contributed by atoms with Crippen molar-refractivity contribution in [2.24, 2.45) is 0 Å². The van der Waals surface area contributed by atoms with Crippen molar-refractivity contribution in [1.29, 1.82) is 0 Å². The molecule has 6 heteroatoms. The first-order valence-corrected chi connectivity index (χ1v) is 7.81. The highest BCUT2D eigenvalue weighted by Gasteiger charge is 2.09. The van der Waals surface area contributed by atoms with E-state index in [0.717, 1.165) is 22.6 Å². The third-order valence-corrected chi connectivity index (χ3v) is 3.98. The summed E-state index contributed by atoms with van der Waals surface area (Å²) in [6, 6.07) is 14.1. The largest absolute Gasteiger partial charge is 0.497 e. The zero-order valence-electron chi connectivity index (χ0n) is 13.6. The van der Waals surface area contributed by atoms with Crippen LogP contribution in [-0.4, -0.2) is 26.7 Å². The van der Waals surface area contributed by atoms with Gasteiger partial charge in [-0.3, -0.25) is 0 Å². The third kappa shape index (κ3) is 3.06. The molecule has 0 amide bonds. The molecule has 4 aromatic rings. The molecular formula is C19H15FN4O. The molecule has 2 aromatic carbocycles. The van der Waals surface area contributed by atoms with Gasteiger partial charge in [-0.2, -0.15) is 5.10 Å². The second-order valence-corrected chi connectivity index (χ2v) is 5.64. The maximum absolute atomic E-state index is 13.1. The topological polar surface area (TPSA) is 52.3 Å². The predicted molar refractivity (Wildman–Crippen MR) is 92.0 cm³/mol. The number of halogens is 1. The molecule has 0 radical (unpaired) electrons. The van der Waals surface area contributed by atoms with Crippen molar-refractivity contribution in [2.75, 3.05) is 7.11 Å². The lowest BCUT2D eigenvalue weighted by molar-refractivity contribution is 0.414. The standard InChI is InChI=1S/C19H15FN4O/c1-25-17-8-2-13(3-9-17)10-16-11-21-19-22-12-18(23-24(16)19)14-4-6-15(20)7-5-14/h2-9,11-12H,10H2,1H3. The molecule has 0 saturated carbocycles. The van der Waals surface area contributed by atoms with Gasteiger partial charge < -0.3 is 4.74 Å². The van der Waals surface area contributed by atoms with E-state index >= 15 is 0 Å². The molecule has 0 fully saturated rings. The summed E-state index contributed by atoms with van der Waals surface area (Å²) in [7, 11) is 1.64. The summed E-state index contributed by atoms with van der Waals surface area (Å²) in [6.07, 6.45) is 4.09. The highest BCUT2D eigenvalue weighted by molar-refractivity contribution is 5.58. The molecule has 0 aliphatic carbocycles. The minimum atomic E-state index is -0.277. The number of benzene rings is 2. The first-order valence-electron chi connectivity index (χ1n) is 7.81. The molecule has 0 saturated heterocycles. The number of fused-ring (bicyclic) bond motifs is 1. The van der Waals surface area contributed by atoms with E-state index < -0.39 is 0 Å². The fraction of sp³-hybridized carbons (Fsp3) is 0.105. The lowest BCUT2D eigenvalue weighted by Gasteiger charge is -2.05. The van der Waals surface area contributed by atoms with Crippen molar-refractivity contribution in [3.8, 4) is 17.0 Å².